The van der Waals surface area contributed by atoms with Crippen LogP contribution >= 0.6 is 15.9 Å². The Hall–Kier alpha value is -1.07. The number of hydrogen-bond acceptors (Lipinski definition) is 3. The number of amides is 1. The molecule has 0 unspecified atom stereocenters. The summed E-state index contributed by atoms with van der Waals surface area (Å²) in [5, 5.41) is 3.83. The quantitative estimate of drug-likeness (QED) is 0.560. The van der Waals surface area contributed by atoms with Gasteiger partial charge in [-0.3, -0.25) is 4.79 Å². The third kappa shape index (κ3) is 3.42. The first-order valence-electron chi connectivity index (χ1n) is 10.2. The minimum absolute atomic E-state index is 0.0128. The normalized spacial score (nSPS) is 34.3. The Balaban J connectivity index is 1.58. The van der Waals surface area contributed by atoms with Crippen molar-refractivity contribution in [3.8, 4) is 5.75 Å². The molecule has 1 aromatic carbocycles. The zero-order valence-corrected chi connectivity index (χ0v) is 17.9. The van der Waals surface area contributed by atoms with Crippen LogP contribution in [-0.4, -0.2) is 37.1 Å². The molecule has 3 aliphatic rings. The fourth-order valence-corrected chi connectivity index (χ4v) is 6.04. The number of ether oxygens (including phenoxy) is 2. The van der Waals surface area contributed by atoms with Gasteiger partial charge in [0.25, 0.3) is 0 Å². The van der Waals surface area contributed by atoms with E-state index in [2.05, 4.69) is 46.4 Å². The Morgan fingerprint density at radius 1 is 1.41 bits per heavy atom. The van der Waals surface area contributed by atoms with Crippen molar-refractivity contribution in [2.45, 2.75) is 50.5 Å². The molecule has 4 rings (SSSR count). The molecular weight excluding hydrogens is 406 g/mol. The molecule has 148 valence electrons. The van der Waals surface area contributed by atoms with Crippen molar-refractivity contribution in [2.75, 3.05) is 25.6 Å². The van der Waals surface area contributed by atoms with E-state index in [9.17, 15) is 4.79 Å². The Morgan fingerprint density at radius 3 is 3.04 bits per heavy atom. The van der Waals surface area contributed by atoms with E-state index in [1.807, 2.05) is 0 Å². The summed E-state index contributed by atoms with van der Waals surface area (Å²) in [6.07, 6.45) is 5.41. The van der Waals surface area contributed by atoms with Gasteiger partial charge in [-0.2, -0.15) is 0 Å². The summed E-state index contributed by atoms with van der Waals surface area (Å²) in [7, 11) is 1.74. The van der Waals surface area contributed by atoms with E-state index in [0.717, 1.165) is 49.8 Å². The van der Waals surface area contributed by atoms with Crippen LogP contribution in [0.4, 0.5) is 0 Å². The van der Waals surface area contributed by atoms with Crippen LogP contribution in [0.3, 0.4) is 0 Å². The van der Waals surface area contributed by atoms with Crippen molar-refractivity contribution in [3.05, 3.63) is 29.3 Å². The molecule has 1 amide bonds. The lowest BCUT2D eigenvalue weighted by Gasteiger charge is -2.49. The summed E-state index contributed by atoms with van der Waals surface area (Å²) in [4.78, 5) is 12.5. The van der Waals surface area contributed by atoms with Crippen LogP contribution in [0.2, 0.25) is 0 Å². The van der Waals surface area contributed by atoms with Crippen LogP contribution in [0.5, 0.6) is 5.75 Å². The average Bonchev–Trinajstić information content (AvgIpc) is 3.05. The molecule has 1 N–H and O–H groups in total. The molecule has 1 saturated heterocycles. The highest BCUT2D eigenvalue weighted by atomic mass is 79.9. The Kier molecular flexibility index (Phi) is 5.52. The Bertz CT molecular complexity index is 709. The number of benzene rings is 1. The summed E-state index contributed by atoms with van der Waals surface area (Å²) in [5.41, 5.74) is 2.77. The summed E-state index contributed by atoms with van der Waals surface area (Å²) in [5.74, 6) is 2.51. The lowest BCUT2D eigenvalue weighted by Crippen LogP contribution is -2.49. The summed E-state index contributed by atoms with van der Waals surface area (Å²) >= 11 is 3.45. The molecule has 5 atom stereocenters. The smallest absolute Gasteiger partial charge is 0.225 e. The zero-order chi connectivity index (χ0) is 19.0. The largest absolute Gasteiger partial charge is 0.494 e. The molecule has 5 heteroatoms. The first kappa shape index (κ1) is 19.3. The molecule has 1 heterocycles. The van der Waals surface area contributed by atoms with Crippen molar-refractivity contribution >= 4 is 21.8 Å². The minimum Gasteiger partial charge on any atom is -0.494 e. The van der Waals surface area contributed by atoms with Crippen molar-refractivity contribution in [2.24, 2.45) is 17.8 Å². The molecule has 0 spiro atoms. The molecule has 2 fully saturated rings. The number of alkyl halides is 1. The summed E-state index contributed by atoms with van der Waals surface area (Å²) in [6.45, 7) is 3.55. The number of carbonyl (C=O) groups is 1. The van der Waals surface area contributed by atoms with Gasteiger partial charge >= 0.3 is 0 Å². The van der Waals surface area contributed by atoms with Gasteiger partial charge in [-0.05, 0) is 74.1 Å². The highest BCUT2D eigenvalue weighted by Crippen LogP contribution is 2.57. The highest BCUT2D eigenvalue weighted by molar-refractivity contribution is 9.09. The second-order valence-electron chi connectivity index (χ2n) is 8.47. The van der Waals surface area contributed by atoms with E-state index in [0.29, 0.717) is 24.4 Å². The van der Waals surface area contributed by atoms with Crippen molar-refractivity contribution in [3.63, 3.8) is 0 Å². The number of hydrogen-bond donors (Lipinski definition) is 1. The van der Waals surface area contributed by atoms with Gasteiger partial charge in [0.1, 0.15) is 5.75 Å². The number of aryl methyl sites for hydroxylation is 1. The van der Waals surface area contributed by atoms with E-state index in [1.165, 1.54) is 11.1 Å². The SMILES string of the molecule is CNC(=O)[C@H]1CO[C@@]2(C)CC[C@@H]3c4ccc(OCCCBr)cc4CC[C@H]3[C@H]12. The number of halogens is 1. The maximum absolute atomic E-state index is 12.5. The van der Waals surface area contributed by atoms with Gasteiger partial charge in [0, 0.05) is 18.3 Å². The predicted octanol–water partition coefficient (Wildman–Crippen LogP) is 4.06. The molecular formula is C22H30BrNO3. The molecule has 0 bridgehead atoms. The van der Waals surface area contributed by atoms with Crippen LogP contribution in [0.1, 0.15) is 49.7 Å². The first-order valence-corrected chi connectivity index (χ1v) is 11.4. The predicted molar refractivity (Wildman–Crippen MR) is 110 cm³/mol. The molecule has 0 radical (unpaired) electrons. The number of rotatable bonds is 5. The average molecular weight is 436 g/mol. The van der Waals surface area contributed by atoms with E-state index in [-0.39, 0.29) is 17.4 Å². The van der Waals surface area contributed by atoms with Gasteiger partial charge in [0.2, 0.25) is 5.91 Å². The maximum atomic E-state index is 12.5. The van der Waals surface area contributed by atoms with E-state index >= 15 is 0 Å². The molecule has 1 aliphatic heterocycles. The van der Waals surface area contributed by atoms with Crippen molar-refractivity contribution < 1.29 is 14.3 Å². The standard InChI is InChI=1S/C22H30BrNO3/c1-22-9-8-17-16-7-5-15(26-11-3-10-23)12-14(16)4-6-18(17)20(22)19(13-27-22)21(25)24-2/h5,7,12,17-20H,3-4,6,8-11,13H2,1-2H3,(H,24,25)/t17-,18-,19+,20-,22+/m1/s1. The van der Waals surface area contributed by atoms with E-state index in [4.69, 9.17) is 9.47 Å². The van der Waals surface area contributed by atoms with Gasteiger partial charge in [0.05, 0.1) is 24.7 Å². The monoisotopic (exact) mass is 435 g/mol. The minimum atomic E-state index is -0.144. The van der Waals surface area contributed by atoms with Crippen molar-refractivity contribution in [1.82, 2.24) is 5.32 Å². The first-order chi connectivity index (χ1) is 13.1. The van der Waals surface area contributed by atoms with Gasteiger partial charge in [0.15, 0.2) is 0 Å². The molecule has 1 aromatic rings. The summed E-state index contributed by atoms with van der Waals surface area (Å²) < 4.78 is 12.1. The fraction of sp³-hybridized carbons (Fsp3) is 0.682. The maximum Gasteiger partial charge on any atom is 0.225 e. The second-order valence-corrected chi connectivity index (χ2v) is 9.26. The van der Waals surface area contributed by atoms with E-state index < -0.39 is 0 Å². The number of fused-ring (bicyclic) bond motifs is 5. The third-order valence-corrected chi connectivity index (χ3v) is 7.61. The van der Waals surface area contributed by atoms with Gasteiger partial charge in [-0.25, -0.2) is 0 Å². The van der Waals surface area contributed by atoms with Crippen LogP contribution in [0.15, 0.2) is 18.2 Å². The van der Waals surface area contributed by atoms with Crippen LogP contribution in [0, 0.1) is 17.8 Å². The molecule has 0 aromatic heterocycles. The van der Waals surface area contributed by atoms with Gasteiger partial charge < -0.3 is 14.8 Å². The van der Waals surface area contributed by atoms with Crippen LogP contribution in [-0.2, 0) is 16.0 Å². The van der Waals surface area contributed by atoms with Gasteiger partial charge in [-0.15, -0.1) is 0 Å². The highest BCUT2D eigenvalue weighted by Gasteiger charge is 2.57. The lowest BCUT2D eigenvalue weighted by atomic mass is 9.56. The third-order valence-electron chi connectivity index (χ3n) is 7.05. The second kappa shape index (κ2) is 7.75. The number of nitrogens with one attached hydrogen (secondary N) is 1. The topological polar surface area (TPSA) is 47.6 Å². The number of carbonyl (C=O) groups excluding carboxylic acids is 1. The molecule has 4 nitrogen and oxygen atoms in total. The zero-order valence-electron chi connectivity index (χ0n) is 16.3. The fourth-order valence-electron chi connectivity index (χ4n) is 5.81. The summed E-state index contributed by atoms with van der Waals surface area (Å²) in [6, 6.07) is 6.66. The van der Waals surface area contributed by atoms with Crippen LogP contribution < -0.4 is 10.1 Å². The van der Waals surface area contributed by atoms with E-state index in [1.54, 1.807) is 7.05 Å². The lowest BCUT2D eigenvalue weighted by molar-refractivity contribution is -0.127. The molecule has 1 saturated carbocycles. The Labute approximate surface area is 170 Å². The van der Waals surface area contributed by atoms with Crippen molar-refractivity contribution in [1.29, 1.82) is 0 Å². The molecule has 2 aliphatic carbocycles. The van der Waals surface area contributed by atoms with Gasteiger partial charge in [-0.1, -0.05) is 22.0 Å². The van der Waals surface area contributed by atoms with Crippen LogP contribution in [0.25, 0.3) is 0 Å². The molecule has 27 heavy (non-hydrogen) atoms. The Morgan fingerprint density at radius 2 is 2.26 bits per heavy atom.